The van der Waals surface area contributed by atoms with Gasteiger partial charge >= 0.3 is 0 Å². The summed E-state index contributed by atoms with van der Waals surface area (Å²) in [5.41, 5.74) is 2.55. The number of benzene rings is 2. The number of nitrogens with one attached hydrogen (secondary N) is 1. The Morgan fingerprint density at radius 3 is 2.59 bits per heavy atom. The molecule has 27 heavy (non-hydrogen) atoms. The summed E-state index contributed by atoms with van der Waals surface area (Å²) >= 11 is 0. The normalized spacial score (nSPS) is 24.9. The van der Waals surface area contributed by atoms with Gasteiger partial charge in [0.2, 0.25) is 0 Å². The number of methoxy groups -OCH3 is 1. The van der Waals surface area contributed by atoms with Crippen molar-refractivity contribution >= 4 is 0 Å². The summed E-state index contributed by atoms with van der Waals surface area (Å²) in [7, 11) is 3.95. The van der Waals surface area contributed by atoms with Crippen LogP contribution in [0.15, 0.2) is 48.5 Å². The van der Waals surface area contributed by atoms with Gasteiger partial charge in [0.1, 0.15) is 17.1 Å². The van der Waals surface area contributed by atoms with Crippen LogP contribution in [-0.4, -0.2) is 37.2 Å². The largest absolute Gasteiger partial charge is 0.497 e. The first-order valence-electron chi connectivity index (χ1n) is 9.98. The first-order chi connectivity index (χ1) is 13.2. The smallest absolute Gasteiger partial charge is 0.124 e. The second kappa shape index (κ2) is 7.91. The molecule has 0 saturated heterocycles. The lowest BCUT2D eigenvalue weighted by Gasteiger charge is -2.42. The molecule has 1 heterocycles. The summed E-state index contributed by atoms with van der Waals surface area (Å²) in [6.07, 6.45) is 4.56. The van der Waals surface area contributed by atoms with Crippen LogP contribution in [0.1, 0.15) is 36.8 Å². The number of para-hydroxylation sites is 1. The standard InChI is InChI=1S/C23H30N2O2/c1-25(16-18-7-9-21(26-2)10-8-18)20-11-13-23(14-12-20)17-24-15-19-5-3-4-6-22(19)27-23/h3-10,20,24H,11-17H2,1-2H3. The molecule has 1 fully saturated rings. The van der Waals surface area contributed by atoms with Crippen LogP contribution in [0.5, 0.6) is 11.5 Å². The molecule has 0 radical (unpaired) electrons. The molecule has 4 nitrogen and oxygen atoms in total. The van der Waals surface area contributed by atoms with Crippen molar-refractivity contribution in [2.75, 3.05) is 20.7 Å². The van der Waals surface area contributed by atoms with Crippen molar-refractivity contribution < 1.29 is 9.47 Å². The topological polar surface area (TPSA) is 33.7 Å². The molecule has 1 aliphatic heterocycles. The van der Waals surface area contributed by atoms with Gasteiger partial charge in [0.05, 0.1) is 7.11 Å². The molecule has 1 N–H and O–H groups in total. The number of hydrogen-bond donors (Lipinski definition) is 1. The van der Waals surface area contributed by atoms with E-state index in [2.05, 4.69) is 53.7 Å². The van der Waals surface area contributed by atoms with E-state index in [9.17, 15) is 0 Å². The number of nitrogens with zero attached hydrogens (tertiary/aromatic N) is 1. The predicted molar refractivity (Wildman–Crippen MR) is 108 cm³/mol. The third-order valence-corrected chi connectivity index (χ3v) is 6.14. The summed E-state index contributed by atoms with van der Waals surface area (Å²) in [6, 6.07) is 17.5. The quantitative estimate of drug-likeness (QED) is 0.887. The molecule has 1 saturated carbocycles. The van der Waals surface area contributed by atoms with Crippen molar-refractivity contribution in [3.63, 3.8) is 0 Å². The molecule has 0 amide bonds. The van der Waals surface area contributed by atoms with E-state index < -0.39 is 0 Å². The SMILES string of the molecule is COc1ccc(CN(C)C2CCC3(CC2)CNCc2ccccc2O3)cc1. The Bertz CT molecular complexity index is 751. The van der Waals surface area contributed by atoms with Crippen LogP contribution in [0.3, 0.4) is 0 Å². The van der Waals surface area contributed by atoms with E-state index in [0.717, 1.165) is 44.0 Å². The van der Waals surface area contributed by atoms with E-state index in [1.54, 1.807) is 7.11 Å². The number of rotatable bonds is 4. The van der Waals surface area contributed by atoms with Crippen molar-refractivity contribution in [3.05, 3.63) is 59.7 Å². The Labute approximate surface area is 162 Å². The highest BCUT2D eigenvalue weighted by Crippen LogP contribution is 2.37. The van der Waals surface area contributed by atoms with Gasteiger partial charge in [-0.25, -0.2) is 0 Å². The summed E-state index contributed by atoms with van der Waals surface area (Å²) in [5.74, 6) is 1.98. The van der Waals surface area contributed by atoms with Gasteiger partial charge in [0.25, 0.3) is 0 Å². The van der Waals surface area contributed by atoms with Gasteiger partial charge in [-0.05, 0) is 56.5 Å². The third kappa shape index (κ3) is 4.12. The van der Waals surface area contributed by atoms with Gasteiger partial charge in [0.15, 0.2) is 0 Å². The molecular weight excluding hydrogens is 336 g/mol. The number of ether oxygens (including phenoxy) is 2. The Morgan fingerprint density at radius 2 is 1.85 bits per heavy atom. The van der Waals surface area contributed by atoms with Crippen LogP contribution in [0.2, 0.25) is 0 Å². The van der Waals surface area contributed by atoms with Crippen molar-refractivity contribution in [3.8, 4) is 11.5 Å². The van der Waals surface area contributed by atoms with E-state index in [1.165, 1.54) is 24.0 Å². The molecule has 1 spiro atoms. The van der Waals surface area contributed by atoms with Crippen LogP contribution in [0.4, 0.5) is 0 Å². The zero-order valence-corrected chi connectivity index (χ0v) is 16.4. The first-order valence-corrected chi connectivity index (χ1v) is 9.98. The summed E-state index contributed by atoms with van der Waals surface area (Å²) in [6.45, 7) is 2.82. The minimum Gasteiger partial charge on any atom is -0.497 e. The molecule has 0 atom stereocenters. The van der Waals surface area contributed by atoms with Gasteiger partial charge in [-0.3, -0.25) is 4.90 Å². The molecule has 0 aromatic heterocycles. The minimum absolute atomic E-state index is 0.0515. The van der Waals surface area contributed by atoms with Crippen LogP contribution in [-0.2, 0) is 13.1 Å². The van der Waals surface area contributed by atoms with Crippen molar-refractivity contribution in [2.45, 2.75) is 50.4 Å². The molecule has 4 rings (SSSR count). The lowest BCUT2D eigenvalue weighted by atomic mass is 9.81. The molecule has 2 aromatic carbocycles. The second-order valence-electron chi connectivity index (χ2n) is 7.99. The number of fused-ring (bicyclic) bond motifs is 1. The lowest BCUT2D eigenvalue weighted by Crippen LogP contribution is -2.50. The third-order valence-electron chi connectivity index (χ3n) is 6.14. The summed E-state index contributed by atoms with van der Waals surface area (Å²) in [4.78, 5) is 2.49. The van der Waals surface area contributed by atoms with Gasteiger partial charge in [0, 0.05) is 31.2 Å². The van der Waals surface area contributed by atoms with Crippen LogP contribution < -0.4 is 14.8 Å². The monoisotopic (exact) mass is 366 g/mol. The van der Waals surface area contributed by atoms with Gasteiger partial charge in [-0.1, -0.05) is 30.3 Å². The lowest BCUT2D eigenvalue weighted by molar-refractivity contribution is 0.00873. The van der Waals surface area contributed by atoms with E-state index in [1.807, 2.05) is 12.1 Å². The Hall–Kier alpha value is -2.04. The minimum atomic E-state index is -0.0515. The van der Waals surface area contributed by atoms with E-state index in [4.69, 9.17) is 9.47 Å². The highest BCUT2D eigenvalue weighted by molar-refractivity contribution is 5.35. The zero-order valence-electron chi connectivity index (χ0n) is 16.4. The molecule has 2 aromatic rings. The van der Waals surface area contributed by atoms with Gasteiger partial charge in [-0.15, -0.1) is 0 Å². The Morgan fingerprint density at radius 1 is 1.11 bits per heavy atom. The maximum atomic E-state index is 6.56. The van der Waals surface area contributed by atoms with Crippen molar-refractivity contribution in [1.29, 1.82) is 0 Å². The maximum Gasteiger partial charge on any atom is 0.124 e. The van der Waals surface area contributed by atoms with Crippen LogP contribution in [0.25, 0.3) is 0 Å². The number of hydrogen-bond acceptors (Lipinski definition) is 4. The highest BCUT2D eigenvalue weighted by atomic mass is 16.5. The fourth-order valence-corrected chi connectivity index (χ4v) is 4.44. The second-order valence-corrected chi connectivity index (χ2v) is 7.99. The molecule has 144 valence electrons. The van der Waals surface area contributed by atoms with E-state index >= 15 is 0 Å². The average Bonchev–Trinajstić information content (AvgIpc) is 2.88. The average molecular weight is 367 g/mol. The van der Waals surface area contributed by atoms with Gasteiger partial charge < -0.3 is 14.8 Å². The van der Waals surface area contributed by atoms with E-state index in [-0.39, 0.29) is 5.60 Å². The molecule has 0 bridgehead atoms. The highest BCUT2D eigenvalue weighted by Gasteiger charge is 2.39. The molecule has 2 aliphatic rings. The van der Waals surface area contributed by atoms with E-state index in [0.29, 0.717) is 6.04 Å². The summed E-state index contributed by atoms with van der Waals surface area (Å²) < 4.78 is 11.8. The molecule has 1 aliphatic carbocycles. The molecule has 4 heteroatoms. The fraction of sp³-hybridized carbons (Fsp3) is 0.478. The summed E-state index contributed by atoms with van der Waals surface area (Å²) in [5, 5.41) is 3.61. The van der Waals surface area contributed by atoms with Gasteiger partial charge in [-0.2, -0.15) is 0 Å². The predicted octanol–water partition coefficient (Wildman–Crippen LogP) is 3.99. The maximum absolute atomic E-state index is 6.56. The van der Waals surface area contributed by atoms with Crippen LogP contribution in [0, 0.1) is 0 Å². The van der Waals surface area contributed by atoms with Crippen molar-refractivity contribution in [1.82, 2.24) is 10.2 Å². The Kier molecular flexibility index (Phi) is 5.37. The van der Waals surface area contributed by atoms with Crippen LogP contribution >= 0.6 is 0 Å². The fourth-order valence-electron chi connectivity index (χ4n) is 4.44. The zero-order chi connectivity index (χ0) is 18.7. The molecule has 0 unspecified atom stereocenters. The Balaban J connectivity index is 1.36. The van der Waals surface area contributed by atoms with Crippen molar-refractivity contribution in [2.24, 2.45) is 0 Å². The molecular formula is C23H30N2O2. The first kappa shape index (κ1) is 18.3.